The molecule has 198 valence electrons. The zero-order chi connectivity index (χ0) is 27.6. The maximum absolute atomic E-state index is 13.3. The molecule has 1 fully saturated rings. The van der Waals surface area contributed by atoms with Crippen LogP contribution in [0.25, 0.3) is 22.5 Å². The summed E-state index contributed by atoms with van der Waals surface area (Å²) < 4.78 is 8.09. The molecule has 0 aliphatic carbocycles. The normalized spacial score (nSPS) is 14.4. The van der Waals surface area contributed by atoms with Crippen LogP contribution >= 0.6 is 11.8 Å². The molecular formula is C34H28N2O3S. The van der Waals surface area contributed by atoms with Gasteiger partial charge in [0.2, 0.25) is 0 Å². The fourth-order valence-electron chi connectivity index (χ4n) is 5.14. The zero-order valence-electron chi connectivity index (χ0n) is 22.3. The highest BCUT2D eigenvalue weighted by molar-refractivity contribution is 8.18. The summed E-state index contributed by atoms with van der Waals surface area (Å²) in [6, 6.07) is 34.1. The summed E-state index contributed by atoms with van der Waals surface area (Å²) in [7, 11) is 0. The van der Waals surface area contributed by atoms with Gasteiger partial charge >= 0.3 is 0 Å². The minimum atomic E-state index is -0.257. The third kappa shape index (κ3) is 5.06. The van der Waals surface area contributed by atoms with Crippen LogP contribution < -0.4 is 4.74 Å². The molecule has 5 aromatic rings. The first-order valence-electron chi connectivity index (χ1n) is 13.2. The van der Waals surface area contributed by atoms with Crippen molar-refractivity contribution >= 4 is 39.8 Å². The van der Waals surface area contributed by atoms with Crippen molar-refractivity contribution < 1.29 is 14.3 Å². The van der Waals surface area contributed by atoms with Gasteiger partial charge in [-0.25, -0.2) is 0 Å². The monoisotopic (exact) mass is 544 g/mol. The van der Waals surface area contributed by atoms with E-state index >= 15 is 0 Å². The molecule has 0 saturated carbocycles. The fraction of sp³-hybridized carbons (Fsp3) is 0.118. The summed E-state index contributed by atoms with van der Waals surface area (Å²) in [5, 5.41) is 1.89. The summed E-state index contributed by atoms with van der Waals surface area (Å²) in [6.45, 7) is 4.83. The van der Waals surface area contributed by atoms with Crippen LogP contribution in [0.5, 0.6) is 5.75 Å². The number of benzene rings is 4. The van der Waals surface area contributed by atoms with E-state index in [1.165, 1.54) is 4.90 Å². The summed E-state index contributed by atoms with van der Waals surface area (Å²) >= 11 is 0.999. The molecule has 1 aliphatic heterocycles. The Bertz CT molecular complexity index is 1750. The Labute approximate surface area is 237 Å². The quantitative estimate of drug-likeness (QED) is 0.195. The molecule has 0 spiro atoms. The molecule has 1 saturated heterocycles. The Kier molecular flexibility index (Phi) is 7.01. The predicted molar refractivity (Wildman–Crippen MR) is 161 cm³/mol. The van der Waals surface area contributed by atoms with E-state index in [1.807, 2.05) is 123 Å². The number of aryl methyl sites for hydroxylation is 1. The summed E-state index contributed by atoms with van der Waals surface area (Å²) in [4.78, 5) is 28.0. The van der Waals surface area contributed by atoms with Crippen molar-refractivity contribution in [3.05, 3.63) is 136 Å². The maximum atomic E-state index is 13.3. The number of amides is 2. The number of carbonyl (C=O) groups is 2. The first-order valence-corrected chi connectivity index (χ1v) is 14.0. The van der Waals surface area contributed by atoms with Crippen molar-refractivity contribution in [3.8, 4) is 11.4 Å². The number of fused-ring (bicyclic) bond motifs is 1. The zero-order valence-corrected chi connectivity index (χ0v) is 23.2. The second-order valence-corrected chi connectivity index (χ2v) is 10.8. The minimum absolute atomic E-state index is 0.246. The molecule has 40 heavy (non-hydrogen) atoms. The van der Waals surface area contributed by atoms with Crippen LogP contribution in [-0.2, 0) is 17.9 Å². The standard InChI is InChI=1S/C34H28N2O3S/c1-23-19-28(24(2)36(23)29-15-17-30(18-16-29)39-22-25-9-4-3-5-10-25)20-32-33(37)35(34(38)40-32)21-27-13-8-12-26-11-6-7-14-31(26)27/h3-20H,21-22H2,1-2H3/b32-20+. The fourth-order valence-corrected chi connectivity index (χ4v) is 5.97. The van der Waals surface area contributed by atoms with Gasteiger partial charge in [-0.3, -0.25) is 14.5 Å². The lowest BCUT2D eigenvalue weighted by atomic mass is 10.0. The summed E-state index contributed by atoms with van der Waals surface area (Å²) in [6.07, 6.45) is 1.84. The highest BCUT2D eigenvalue weighted by Crippen LogP contribution is 2.35. The molecule has 2 heterocycles. The van der Waals surface area contributed by atoms with E-state index < -0.39 is 0 Å². The van der Waals surface area contributed by atoms with Crippen LogP contribution in [-0.4, -0.2) is 20.6 Å². The van der Waals surface area contributed by atoms with E-state index in [-0.39, 0.29) is 17.7 Å². The Hall–Kier alpha value is -4.55. The Morgan fingerprint density at radius 3 is 2.35 bits per heavy atom. The van der Waals surface area contributed by atoms with E-state index in [9.17, 15) is 9.59 Å². The number of imide groups is 1. The number of nitrogens with zero attached hydrogens (tertiary/aromatic N) is 2. The van der Waals surface area contributed by atoms with Gasteiger partial charge in [0, 0.05) is 17.1 Å². The maximum Gasteiger partial charge on any atom is 0.293 e. The first-order chi connectivity index (χ1) is 19.5. The van der Waals surface area contributed by atoms with Gasteiger partial charge in [0.05, 0.1) is 11.4 Å². The van der Waals surface area contributed by atoms with E-state index in [1.54, 1.807) is 0 Å². The summed E-state index contributed by atoms with van der Waals surface area (Å²) in [5.41, 5.74) is 6.03. The molecule has 0 N–H and O–H groups in total. The van der Waals surface area contributed by atoms with Gasteiger partial charge in [0.1, 0.15) is 12.4 Å². The Morgan fingerprint density at radius 1 is 0.825 bits per heavy atom. The minimum Gasteiger partial charge on any atom is -0.489 e. The molecule has 6 heteroatoms. The summed E-state index contributed by atoms with van der Waals surface area (Å²) in [5.74, 6) is 0.544. The van der Waals surface area contributed by atoms with Crippen LogP contribution in [0, 0.1) is 13.8 Å². The van der Waals surface area contributed by atoms with Gasteiger partial charge < -0.3 is 9.30 Å². The third-order valence-corrected chi connectivity index (χ3v) is 8.09. The highest BCUT2D eigenvalue weighted by atomic mass is 32.2. The van der Waals surface area contributed by atoms with Crippen molar-refractivity contribution in [3.63, 3.8) is 0 Å². The average molecular weight is 545 g/mol. The molecule has 0 atom stereocenters. The number of hydrogen-bond acceptors (Lipinski definition) is 4. The number of thioether (sulfide) groups is 1. The lowest BCUT2D eigenvalue weighted by Gasteiger charge is -2.14. The molecule has 0 unspecified atom stereocenters. The van der Waals surface area contributed by atoms with Gasteiger partial charge in [0.25, 0.3) is 11.1 Å². The van der Waals surface area contributed by atoms with E-state index in [0.717, 1.165) is 62.0 Å². The number of carbonyl (C=O) groups excluding carboxylic acids is 2. The van der Waals surface area contributed by atoms with Crippen LogP contribution in [0.15, 0.2) is 108 Å². The molecule has 4 aromatic carbocycles. The molecule has 2 amide bonds. The van der Waals surface area contributed by atoms with Crippen molar-refractivity contribution in [2.24, 2.45) is 0 Å². The lowest BCUT2D eigenvalue weighted by Crippen LogP contribution is -2.27. The molecular weight excluding hydrogens is 516 g/mol. The van der Waals surface area contributed by atoms with Crippen molar-refractivity contribution in [2.75, 3.05) is 0 Å². The smallest absolute Gasteiger partial charge is 0.293 e. The van der Waals surface area contributed by atoms with Gasteiger partial charge in [0.15, 0.2) is 0 Å². The SMILES string of the molecule is Cc1cc(/C=C2/SC(=O)N(Cc3cccc4ccccc34)C2=O)c(C)n1-c1ccc(OCc2ccccc2)cc1. The van der Waals surface area contributed by atoms with Gasteiger partial charge in [-0.15, -0.1) is 0 Å². The Morgan fingerprint density at radius 2 is 1.55 bits per heavy atom. The van der Waals surface area contributed by atoms with E-state index in [4.69, 9.17) is 4.74 Å². The van der Waals surface area contributed by atoms with Crippen LogP contribution in [0.1, 0.15) is 28.1 Å². The number of hydrogen-bond donors (Lipinski definition) is 0. The van der Waals surface area contributed by atoms with Gasteiger partial charge in [-0.2, -0.15) is 0 Å². The number of aromatic nitrogens is 1. The van der Waals surface area contributed by atoms with Gasteiger partial charge in [-0.1, -0.05) is 72.8 Å². The van der Waals surface area contributed by atoms with Crippen LogP contribution in [0.2, 0.25) is 0 Å². The second-order valence-electron chi connectivity index (χ2n) is 9.84. The molecule has 0 bridgehead atoms. The number of rotatable bonds is 7. The van der Waals surface area contributed by atoms with Crippen LogP contribution in [0.3, 0.4) is 0 Å². The Balaban J connectivity index is 1.20. The average Bonchev–Trinajstić information content (AvgIpc) is 3.41. The lowest BCUT2D eigenvalue weighted by molar-refractivity contribution is -0.123. The van der Waals surface area contributed by atoms with Crippen molar-refractivity contribution in [1.29, 1.82) is 0 Å². The predicted octanol–water partition coefficient (Wildman–Crippen LogP) is 8.06. The second kappa shape index (κ2) is 10.9. The van der Waals surface area contributed by atoms with Crippen molar-refractivity contribution in [2.45, 2.75) is 27.0 Å². The molecule has 0 radical (unpaired) electrons. The molecule has 1 aliphatic rings. The topological polar surface area (TPSA) is 51.5 Å². The first kappa shape index (κ1) is 25.7. The van der Waals surface area contributed by atoms with Crippen LogP contribution in [0.4, 0.5) is 4.79 Å². The molecule has 1 aromatic heterocycles. The number of ether oxygens (including phenoxy) is 1. The molecule has 6 rings (SSSR count). The third-order valence-electron chi connectivity index (χ3n) is 7.18. The van der Waals surface area contributed by atoms with Gasteiger partial charge in [-0.05, 0) is 89.5 Å². The van der Waals surface area contributed by atoms with E-state index in [0.29, 0.717) is 11.5 Å². The largest absolute Gasteiger partial charge is 0.489 e. The van der Waals surface area contributed by atoms with Crippen molar-refractivity contribution in [1.82, 2.24) is 9.47 Å². The highest BCUT2D eigenvalue weighted by Gasteiger charge is 2.35. The van der Waals surface area contributed by atoms with E-state index in [2.05, 4.69) is 4.57 Å². The molecule has 5 nitrogen and oxygen atoms in total.